The van der Waals surface area contributed by atoms with E-state index in [1.165, 1.54) is 0 Å². The lowest BCUT2D eigenvalue weighted by atomic mass is 9.98. The first-order chi connectivity index (χ1) is 10.1. The number of sulfonamides is 1. The molecule has 5 nitrogen and oxygen atoms in total. The van der Waals surface area contributed by atoms with Gasteiger partial charge in [0, 0.05) is 31.9 Å². The number of hydrogen-bond donors (Lipinski definition) is 1. The van der Waals surface area contributed by atoms with Gasteiger partial charge in [0.05, 0.1) is 5.75 Å². The predicted molar refractivity (Wildman–Crippen MR) is 81.1 cm³/mol. The third kappa shape index (κ3) is 3.71. The van der Waals surface area contributed by atoms with Crippen LogP contribution in [0, 0.1) is 5.92 Å². The van der Waals surface area contributed by atoms with Crippen LogP contribution in [0.4, 0.5) is 0 Å². The number of hydrogen-bond acceptors (Lipinski definition) is 3. The van der Waals surface area contributed by atoms with Crippen molar-refractivity contribution in [3.05, 3.63) is 54.1 Å². The van der Waals surface area contributed by atoms with Gasteiger partial charge in [-0.2, -0.15) is 0 Å². The van der Waals surface area contributed by atoms with Crippen molar-refractivity contribution in [1.29, 1.82) is 0 Å². The van der Waals surface area contributed by atoms with Gasteiger partial charge in [-0.05, 0) is 17.9 Å². The summed E-state index contributed by atoms with van der Waals surface area (Å²) in [5, 5.41) is 0. The summed E-state index contributed by atoms with van der Waals surface area (Å²) in [5.74, 6) is 1.41. The van der Waals surface area contributed by atoms with E-state index in [-0.39, 0.29) is 5.75 Å². The van der Waals surface area contributed by atoms with Crippen molar-refractivity contribution in [3.8, 4) is 0 Å². The van der Waals surface area contributed by atoms with Crippen LogP contribution in [0.15, 0.2) is 42.7 Å². The van der Waals surface area contributed by atoms with Gasteiger partial charge in [-0.15, -0.1) is 0 Å². The predicted octanol–water partition coefficient (Wildman–Crippen LogP) is 1.57. The quantitative estimate of drug-likeness (QED) is 0.912. The van der Waals surface area contributed by atoms with Gasteiger partial charge in [0.25, 0.3) is 0 Å². The highest BCUT2D eigenvalue weighted by Gasteiger charge is 2.21. The Kier molecular flexibility index (Phi) is 4.07. The Morgan fingerprint density at radius 1 is 1.29 bits per heavy atom. The van der Waals surface area contributed by atoms with Crippen LogP contribution in [0.2, 0.25) is 0 Å². The number of imidazole rings is 1. The molecule has 0 amide bonds. The minimum atomic E-state index is -3.28. The Balaban J connectivity index is 1.55. The number of benzene rings is 1. The van der Waals surface area contributed by atoms with Gasteiger partial charge in [0.2, 0.25) is 10.0 Å². The van der Waals surface area contributed by atoms with Crippen molar-refractivity contribution >= 4 is 10.0 Å². The largest absolute Gasteiger partial charge is 0.335 e. The van der Waals surface area contributed by atoms with Gasteiger partial charge in [-0.1, -0.05) is 30.3 Å². The fraction of sp³-hybridized carbons (Fsp3) is 0.400. The molecule has 6 heteroatoms. The lowest BCUT2D eigenvalue weighted by Crippen LogP contribution is -2.33. The van der Waals surface area contributed by atoms with E-state index in [4.69, 9.17) is 0 Å². The number of nitrogens with one attached hydrogen (secondary N) is 1. The van der Waals surface area contributed by atoms with Crippen LogP contribution in [-0.2, 0) is 28.7 Å². The Morgan fingerprint density at radius 2 is 2.10 bits per heavy atom. The monoisotopic (exact) mass is 305 g/mol. The summed E-state index contributed by atoms with van der Waals surface area (Å²) < 4.78 is 29.1. The van der Waals surface area contributed by atoms with Crippen molar-refractivity contribution in [2.75, 3.05) is 6.54 Å². The highest BCUT2D eigenvalue weighted by Crippen LogP contribution is 2.18. The summed E-state index contributed by atoms with van der Waals surface area (Å²) in [7, 11) is -3.28. The number of aryl methyl sites for hydroxylation is 1. The smallest absolute Gasteiger partial charge is 0.215 e. The fourth-order valence-electron chi connectivity index (χ4n) is 2.68. The molecular formula is C15H19N3O2S. The maximum atomic E-state index is 12.1. The second-order valence-electron chi connectivity index (χ2n) is 5.49. The van der Waals surface area contributed by atoms with E-state index in [9.17, 15) is 8.42 Å². The second kappa shape index (κ2) is 5.99. The minimum absolute atomic E-state index is 0.0369. The standard InChI is InChI=1S/C15H19N3O2S/c19-21(20,12-13-4-2-1-3-5-13)17-11-14-6-8-18-9-7-16-15(18)10-14/h1-5,7,9,14,17H,6,8,10-12H2/t14-/m0/s1. The normalized spacial score (nSPS) is 18.4. The topological polar surface area (TPSA) is 64.0 Å². The van der Waals surface area contributed by atoms with Gasteiger partial charge >= 0.3 is 0 Å². The molecule has 1 aromatic carbocycles. The molecule has 112 valence electrons. The maximum Gasteiger partial charge on any atom is 0.215 e. The number of rotatable bonds is 5. The molecule has 1 aliphatic rings. The van der Waals surface area contributed by atoms with E-state index < -0.39 is 10.0 Å². The van der Waals surface area contributed by atoms with Gasteiger partial charge in [0.1, 0.15) is 5.82 Å². The summed E-state index contributed by atoms with van der Waals surface area (Å²) in [6, 6.07) is 9.25. The zero-order valence-corrected chi connectivity index (χ0v) is 12.6. The molecule has 1 aliphatic heterocycles. The molecule has 2 heterocycles. The van der Waals surface area contributed by atoms with Crippen LogP contribution in [-0.4, -0.2) is 24.5 Å². The summed E-state index contributed by atoms with van der Waals surface area (Å²) >= 11 is 0. The Hall–Kier alpha value is -1.66. The summed E-state index contributed by atoms with van der Waals surface area (Å²) in [5.41, 5.74) is 0.809. The van der Waals surface area contributed by atoms with Crippen molar-refractivity contribution in [1.82, 2.24) is 14.3 Å². The lowest BCUT2D eigenvalue weighted by Gasteiger charge is -2.23. The molecule has 0 fully saturated rings. The molecule has 0 bridgehead atoms. The number of fused-ring (bicyclic) bond motifs is 1. The molecule has 2 aromatic rings. The van der Waals surface area contributed by atoms with Gasteiger partial charge in [-0.25, -0.2) is 18.1 Å². The van der Waals surface area contributed by atoms with Crippen molar-refractivity contribution < 1.29 is 8.42 Å². The molecule has 1 N–H and O–H groups in total. The van der Waals surface area contributed by atoms with E-state index >= 15 is 0 Å². The first kappa shape index (κ1) is 14.3. The first-order valence-electron chi connectivity index (χ1n) is 7.14. The fourth-order valence-corrected chi connectivity index (χ4v) is 3.90. The zero-order chi connectivity index (χ0) is 14.7. The van der Waals surface area contributed by atoms with Gasteiger partial charge < -0.3 is 4.57 Å². The van der Waals surface area contributed by atoms with E-state index in [1.807, 2.05) is 36.5 Å². The molecule has 0 aliphatic carbocycles. The molecule has 1 aromatic heterocycles. The Morgan fingerprint density at radius 3 is 2.90 bits per heavy atom. The number of nitrogens with zero attached hydrogens (tertiary/aromatic N) is 2. The molecule has 1 atom stereocenters. The van der Waals surface area contributed by atoms with Gasteiger partial charge in [-0.3, -0.25) is 0 Å². The average molecular weight is 305 g/mol. The SMILES string of the molecule is O=S(=O)(Cc1ccccc1)NC[C@H]1CCn2ccnc2C1. The molecule has 3 rings (SSSR count). The molecule has 21 heavy (non-hydrogen) atoms. The minimum Gasteiger partial charge on any atom is -0.335 e. The zero-order valence-electron chi connectivity index (χ0n) is 11.8. The van der Waals surface area contributed by atoms with Crippen LogP contribution >= 0.6 is 0 Å². The summed E-state index contributed by atoms with van der Waals surface area (Å²) in [6.07, 6.45) is 5.60. The van der Waals surface area contributed by atoms with Gasteiger partial charge in [0.15, 0.2) is 0 Å². The molecule has 0 radical (unpaired) electrons. The summed E-state index contributed by atoms with van der Waals surface area (Å²) in [4.78, 5) is 4.30. The maximum absolute atomic E-state index is 12.1. The van der Waals surface area contributed by atoms with E-state index in [0.29, 0.717) is 12.5 Å². The van der Waals surface area contributed by atoms with Crippen LogP contribution in [0.25, 0.3) is 0 Å². The van der Waals surface area contributed by atoms with Crippen LogP contribution in [0.5, 0.6) is 0 Å². The summed E-state index contributed by atoms with van der Waals surface area (Å²) in [6.45, 7) is 1.41. The third-order valence-electron chi connectivity index (χ3n) is 3.84. The molecule has 0 saturated carbocycles. The van der Waals surface area contributed by atoms with Crippen molar-refractivity contribution in [2.45, 2.75) is 25.1 Å². The second-order valence-corrected chi connectivity index (χ2v) is 7.30. The van der Waals surface area contributed by atoms with Crippen LogP contribution in [0.3, 0.4) is 0 Å². The molecule has 0 spiro atoms. The van der Waals surface area contributed by atoms with Crippen molar-refractivity contribution in [2.24, 2.45) is 5.92 Å². The van der Waals surface area contributed by atoms with E-state index in [1.54, 1.807) is 6.20 Å². The highest BCUT2D eigenvalue weighted by molar-refractivity contribution is 7.88. The van der Waals surface area contributed by atoms with E-state index in [0.717, 1.165) is 30.8 Å². The molecular weight excluding hydrogens is 286 g/mol. The first-order valence-corrected chi connectivity index (χ1v) is 8.79. The third-order valence-corrected chi connectivity index (χ3v) is 5.16. The van der Waals surface area contributed by atoms with E-state index in [2.05, 4.69) is 14.3 Å². The van der Waals surface area contributed by atoms with Crippen LogP contribution < -0.4 is 4.72 Å². The Bertz CT molecular complexity index is 695. The number of aromatic nitrogens is 2. The average Bonchev–Trinajstić information content (AvgIpc) is 2.93. The Labute approximate surface area is 125 Å². The van der Waals surface area contributed by atoms with Crippen molar-refractivity contribution in [3.63, 3.8) is 0 Å². The van der Waals surface area contributed by atoms with Crippen LogP contribution in [0.1, 0.15) is 17.8 Å². The molecule has 0 unspecified atom stereocenters. The molecule has 0 saturated heterocycles. The highest BCUT2D eigenvalue weighted by atomic mass is 32.2. The lowest BCUT2D eigenvalue weighted by molar-refractivity contribution is 0.379.